The maximum atomic E-state index is 13.6. The van der Waals surface area contributed by atoms with E-state index in [0.717, 1.165) is 16.8 Å². The van der Waals surface area contributed by atoms with Gasteiger partial charge in [-0.1, -0.05) is 30.3 Å². The van der Waals surface area contributed by atoms with Gasteiger partial charge < -0.3 is 14.8 Å². The number of anilines is 1. The van der Waals surface area contributed by atoms with E-state index in [-0.39, 0.29) is 17.6 Å². The molecule has 2 aliphatic rings. The normalized spacial score (nSPS) is 22.8. The second-order valence-electron chi connectivity index (χ2n) is 7.68. The van der Waals surface area contributed by atoms with E-state index in [0.29, 0.717) is 18.7 Å². The smallest absolute Gasteiger partial charge is 0.271 e. The lowest BCUT2D eigenvalue weighted by Crippen LogP contribution is -2.43. The minimum atomic E-state index is -0.894. The van der Waals surface area contributed by atoms with Crippen LogP contribution < -0.4 is 5.32 Å². The van der Waals surface area contributed by atoms with Crippen molar-refractivity contribution in [3.63, 3.8) is 0 Å². The first-order valence-electron chi connectivity index (χ1n) is 9.61. The van der Waals surface area contributed by atoms with Crippen LogP contribution in [0.3, 0.4) is 0 Å². The molecule has 1 fully saturated rings. The van der Waals surface area contributed by atoms with Crippen LogP contribution in [0.4, 0.5) is 10.1 Å². The minimum absolute atomic E-state index is 0.116. The van der Waals surface area contributed by atoms with Gasteiger partial charge >= 0.3 is 0 Å². The van der Waals surface area contributed by atoms with Crippen LogP contribution in [-0.2, 0) is 17.3 Å². The first-order chi connectivity index (χ1) is 14.0. The monoisotopic (exact) mass is 389 g/mol. The van der Waals surface area contributed by atoms with Crippen LogP contribution in [0.15, 0.2) is 66.9 Å². The number of fused-ring (bicyclic) bond motifs is 2. The SMILES string of the molecule is Cn1cccc1C(=O)N1CCC2(C(=O)Nc3ccccc32)C1c1ccc(F)cc1. The average molecular weight is 389 g/mol. The predicted molar refractivity (Wildman–Crippen MR) is 107 cm³/mol. The fourth-order valence-electron chi connectivity index (χ4n) is 4.84. The van der Waals surface area contributed by atoms with Crippen molar-refractivity contribution in [1.29, 1.82) is 0 Å². The van der Waals surface area contributed by atoms with E-state index in [2.05, 4.69) is 5.32 Å². The molecule has 0 saturated carbocycles. The Hall–Kier alpha value is -3.41. The third-order valence-electron chi connectivity index (χ3n) is 6.20. The summed E-state index contributed by atoms with van der Waals surface area (Å²) in [6.45, 7) is 0.438. The Morgan fingerprint density at radius 1 is 1.10 bits per heavy atom. The standard InChI is InChI=1S/C23H20FN3O2/c1-26-13-4-7-19(26)21(28)27-14-12-23(20(27)15-8-10-16(24)11-9-15)17-5-2-3-6-18(17)25-22(23)29/h2-11,13,20H,12,14H2,1H3,(H,25,29). The molecule has 0 bridgehead atoms. The zero-order valence-electron chi connectivity index (χ0n) is 15.9. The Balaban J connectivity index is 1.69. The third kappa shape index (κ3) is 2.45. The predicted octanol–water partition coefficient (Wildman–Crippen LogP) is 3.64. The summed E-state index contributed by atoms with van der Waals surface area (Å²) < 4.78 is 15.4. The van der Waals surface area contributed by atoms with Gasteiger partial charge in [0.1, 0.15) is 16.9 Å². The summed E-state index contributed by atoms with van der Waals surface area (Å²) in [5, 5.41) is 2.99. The van der Waals surface area contributed by atoms with E-state index in [1.807, 2.05) is 43.6 Å². The Morgan fingerprint density at radius 3 is 2.59 bits per heavy atom. The van der Waals surface area contributed by atoms with Crippen LogP contribution in [0.1, 0.15) is 34.1 Å². The summed E-state index contributed by atoms with van der Waals surface area (Å²) >= 11 is 0. The van der Waals surface area contributed by atoms with Gasteiger partial charge in [0, 0.05) is 25.5 Å². The first kappa shape index (κ1) is 17.7. The Morgan fingerprint density at radius 2 is 1.86 bits per heavy atom. The first-order valence-corrected chi connectivity index (χ1v) is 9.61. The van der Waals surface area contributed by atoms with Gasteiger partial charge in [-0.25, -0.2) is 4.39 Å². The van der Waals surface area contributed by atoms with Crippen molar-refractivity contribution in [3.05, 3.63) is 89.5 Å². The van der Waals surface area contributed by atoms with Crippen molar-refractivity contribution in [1.82, 2.24) is 9.47 Å². The molecule has 6 heteroatoms. The lowest BCUT2D eigenvalue weighted by Gasteiger charge is -2.34. The summed E-state index contributed by atoms with van der Waals surface area (Å²) in [5.74, 6) is -0.603. The van der Waals surface area contributed by atoms with Gasteiger partial charge in [0.2, 0.25) is 5.91 Å². The molecule has 0 aliphatic carbocycles. The highest BCUT2D eigenvalue weighted by Gasteiger charge is 2.59. The van der Waals surface area contributed by atoms with Crippen LogP contribution in [0.2, 0.25) is 0 Å². The van der Waals surface area contributed by atoms with E-state index >= 15 is 0 Å². The number of hydrogen-bond acceptors (Lipinski definition) is 2. The maximum Gasteiger partial charge on any atom is 0.271 e. The highest BCUT2D eigenvalue weighted by molar-refractivity contribution is 6.08. The molecule has 2 aromatic carbocycles. The van der Waals surface area contributed by atoms with Gasteiger partial charge in [-0.15, -0.1) is 0 Å². The Bertz CT molecular complexity index is 1120. The highest BCUT2D eigenvalue weighted by Crippen LogP contribution is 2.54. The molecule has 1 aromatic heterocycles. The molecule has 5 rings (SSSR count). The largest absolute Gasteiger partial charge is 0.347 e. The molecule has 2 unspecified atom stereocenters. The van der Waals surface area contributed by atoms with Crippen LogP contribution in [-0.4, -0.2) is 27.8 Å². The number of hydrogen-bond donors (Lipinski definition) is 1. The lowest BCUT2D eigenvalue weighted by atomic mass is 9.72. The van der Waals surface area contributed by atoms with Gasteiger partial charge in [-0.3, -0.25) is 9.59 Å². The Kier molecular flexibility index (Phi) is 3.84. The van der Waals surface area contributed by atoms with E-state index < -0.39 is 11.5 Å². The van der Waals surface area contributed by atoms with E-state index in [4.69, 9.17) is 0 Å². The summed E-state index contributed by atoms with van der Waals surface area (Å²) in [4.78, 5) is 28.5. The molecule has 5 nitrogen and oxygen atoms in total. The number of aryl methyl sites for hydroxylation is 1. The van der Waals surface area contributed by atoms with E-state index in [9.17, 15) is 14.0 Å². The second kappa shape index (κ2) is 6.30. The van der Waals surface area contributed by atoms with Crippen LogP contribution >= 0.6 is 0 Å². The molecule has 1 N–H and O–H groups in total. The summed E-state index contributed by atoms with van der Waals surface area (Å²) in [7, 11) is 1.82. The number of para-hydroxylation sites is 1. The number of nitrogens with one attached hydrogen (secondary N) is 1. The van der Waals surface area contributed by atoms with Crippen molar-refractivity contribution in [3.8, 4) is 0 Å². The van der Waals surface area contributed by atoms with Gasteiger partial charge in [0.25, 0.3) is 5.91 Å². The molecule has 3 aromatic rings. The summed E-state index contributed by atoms with van der Waals surface area (Å²) in [6.07, 6.45) is 2.33. The van der Waals surface area contributed by atoms with Crippen LogP contribution in [0, 0.1) is 5.82 Å². The van der Waals surface area contributed by atoms with Crippen molar-refractivity contribution in [2.45, 2.75) is 17.9 Å². The van der Waals surface area contributed by atoms with Crippen LogP contribution in [0.5, 0.6) is 0 Å². The Labute approximate surface area is 167 Å². The molecule has 2 amide bonds. The highest BCUT2D eigenvalue weighted by atomic mass is 19.1. The molecule has 1 saturated heterocycles. The fourth-order valence-corrected chi connectivity index (χ4v) is 4.84. The molecule has 0 radical (unpaired) electrons. The zero-order chi connectivity index (χ0) is 20.2. The van der Waals surface area contributed by atoms with Crippen molar-refractivity contribution in [2.24, 2.45) is 7.05 Å². The van der Waals surface area contributed by atoms with Gasteiger partial charge in [-0.2, -0.15) is 0 Å². The topological polar surface area (TPSA) is 54.3 Å². The lowest BCUT2D eigenvalue weighted by molar-refractivity contribution is -0.121. The summed E-state index contributed by atoms with van der Waals surface area (Å²) in [6, 6.07) is 16.8. The molecule has 2 aliphatic heterocycles. The molecule has 29 heavy (non-hydrogen) atoms. The second-order valence-corrected chi connectivity index (χ2v) is 7.68. The van der Waals surface area contributed by atoms with Gasteiger partial charge in [0.05, 0.1) is 6.04 Å². The maximum absolute atomic E-state index is 13.6. The number of carbonyl (C=O) groups is 2. The number of rotatable bonds is 2. The number of likely N-dealkylation sites (tertiary alicyclic amines) is 1. The molecular formula is C23H20FN3O2. The fraction of sp³-hybridized carbons (Fsp3) is 0.217. The number of halogens is 1. The molecular weight excluding hydrogens is 369 g/mol. The minimum Gasteiger partial charge on any atom is -0.347 e. The average Bonchev–Trinajstić information content (AvgIpc) is 3.40. The van der Waals surface area contributed by atoms with Gasteiger partial charge in [-0.05, 0) is 47.9 Å². The molecule has 3 heterocycles. The quantitative estimate of drug-likeness (QED) is 0.728. The number of amides is 2. The molecule has 2 atom stereocenters. The number of nitrogens with zero attached hydrogens (tertiary/aromatic N) is 2. The molecule has 1 spiro atoms. The van der Waals surface area contributed by atoms with Crippen molar-refractivity contribution in [2.75, 3.05) is 11.9 Å². The van der Waals surface area contributed by atoms with Crippen LogP contribution in [0.25, 0.3) is 0 Å². The van der Waals surface area contributed by atoms with Crippen molar-refractivity contribution < 1.29 is 14.0 Å². The third-order valence-corrected chi connectivity index (χ3v) is 6.20. The van der Waals surface area contributed by atoms with E-state index in [1.165, 1.54) is 12.1 Å². The zero-order valence-corrected chi connectivity index (χ0v) is 15.9. The molecule has 146 valence electrons. The van der Waals surface area contributed by atoms with Gasteiger partial charge in [0.15, 0.2) is 0 Å². The van der Waals surface area contributed by atoms with Crippen molar-refractivity contribution >= 4 is 17.5 Å². The number of benzene rings is 2. The summed E-state index contributed by atoms with van der Waals surface area (Å²) in [5.41, 5.74) is 2.08. The number of carbonyl (C=O) groups excluding carboxylic acids is 2. The van der Waals surface area contributed by atoms with E-state index in [1.54, 1.807) is 27.7 Å². The number of aromatic nitrogens is 1.